The van der Waals surface area contributed by atoms with Gasteiger partial charge in [-0.2, -0.15) is 4.98 Å². The Hall–Kier alpha value is -2.77. The van der Waals surface area contributed by atoms with Crippen molar-refractivity contribution in [2.75, 3.05) is 31.1 Å². The van der Waals surface area contributed by atoms with E-state index >= 15 is 0 Å². The molecule has 8 heteroatoms. The van der Waals surface area contributed by atoms with Crippen LogP contribution in [0.1, 0.15) is 13.3 Å². The maximum atomic E-state index is 12.8. The van der Waals surface area contributed by atoms with E-state index in [2.05, 4.69) is 22.1 Å². The van der Waals surface area contributed by atoms with Crippen molar-refractivity contribution < 1.29 is 23.4 Å². The fourth-order valence-electron chi connectivity index (χ4n) is 2.71. The first-order valence-corrected chi connectivity index (χ1v) is 8.08. The Labute approximate surface area is 144 Å². The van der Waals surface area contributed by atoms with E-state index in [1.54, 1.807) is 18.2 Å². The molecule has 1 aromatic heterocycles. The Kier molecular flexibility index (Phi) is 5.06. The van der Waals surface area contributed by atoms with E-state index < -0.39 is 6.09 Å². The molecule has 1 aliphatic heterocycles. The minimum Gasteiger partial charge on any atom is -0.489 e. The molecule has 0 aliphatic carbocycles. The van der Waals surface area contributed by atoms with E-state index in [0.29, 0.717) is 29.6 Å². The van der Waals surface area contributed by atoms with Crippen LogP contribution < -0.4 is 15.0 Å². The number of halogens is 1. The monoisotopic (exact) mass is 349 g/mol. The van der Waals surface area contributed by atoms with Crippen LogP contribution in [0.2, 0.25) is 0 Å². The number of rotatable bonds is 6. The van der Waals surface area contributed by atoms with Gasteiger partial charge in [0.1, 0.15) is 17.9 Å². The maximum Gasteiger partial charge on any atom is 0.404 e. The summed E-state index contributed by atoms with van der Waals surface area (Å²) in [5, 5.41) is 10.6. The van der Waals surface area contributed by atoms with Crippen molar-refractivity contribution in [1.82, 2.24) is 10.3 Å². The minimum atomic E-state index is -1.22. The van der Waals surface area contributed by atoms with Gasteiger partial charge in [-0.25, -0.2) is 9.18 Å². The molecule has 2 heterocycles. The van der Waals surface area contributed by atoms with Gasteiger partial charge < -0.3 is 24.5 Å². The topological polar surface area (TPSA) is 87.8 Å². The van der Waals surface area contributed by atoms with Crippen molar-refractivity contribution in [3.05, 3.63) is 30.1 Å². The van der Waals surface area contributed by atoms with Crippen LogP contribution in [0.15, 0.2) is 34.5 Å². The molecule has 1 aromatic carbocycles. The molecule has 1 saturated heterocycles. The summed E-state index contributed by atoms with van der Waals surface area (Å²) in [5.74, 6) is 1.12. The van der Waals surface area contributed by atoms with Crippen molar-refractivity contribution in [3.8, 4) is 5.75 Å². The number of aromatic nitrogens is 1. The van der Waals surface area contributed by atoms with Gasteiger partial charge in [-0.3, -0.25) is 0 Å². The fraction of sp³-hybridized carbons (Fsp3) is 0.412. The predicted molar refractivity (Wildman–Crippen MR) is 90.7 cm³/mol. The standard InChI is InChI=1S/C17H20FN3O4/c1-11-4-5-21(9-11)16-20-14-3-2-13(6-15(14)25-16)24-10-12(7-18)8-19-17(22)23/h2-3,6-7,11,19H,4-5,8-10H2,1H3,(H,22,23)/b12-7+/t11-/m0/s1. The van der Waals surface area contributed by atoms with Crippen LogP contribution in [0, 0.1) is 5.92 Å². The van der Waals surface area contributed by atoms with Crippen LogP contribution in [0.4, 0.5) is 15.2 Å². The van der Waals surface area contributed by atoms with Crippen molar-refractivity contribution in [3.63, 3.8) is 0 Å². The summed E-state index contributed by atoms with van der Waals surface area (Å²) in [6.07, 6.45) is 0.247. The summed E-state index contributed by atoms with van der Waals surface area (Å²) in [5.41, 5.74) is 1.52. The Balaban J connectivity index is 1.65. The van der Waals surface area contributed by atoms with Crippen molar-refractivity contribution >= 4 is 23.2 Å². The zero-order valence-electron chi connectivity index (χ0n) is 13.9. The molecular formula is C17H20FN3O4. The van der Waals surface area contributed by atoms with Crippen molar-refractivity contribution in [1.29, 1.82) is 0 Å². The van der Waals surface area contributed by atoms with Crippen LogP contribution >= 0.6 is 0 Å². The number of nitrogens with zero attached hydrogens (tertiary/aromatic N) is 2. The van der Waals surface area contributed by atoms with Crippen LogP contribution in [0.25, 0.3) is 11.1 Å². The molecule has 25 heavy (non-hydrogen) atoms. The van der Waals surface area contributed by atoms with E-state index in [0.717, 1.165) is 25.0 Å². The number of ether oxygens (including phenoxy) is 1. The van der Waals surface area contributed by atoms with Crippen LogP contribution in [0.5, 0.6) is 5.75 Å². The Bertz CT molecular complexity index is 789. The summed E-state index contributed by atoms with van der Waals surface area (Å²) in [4.78, 5) is 17.1. The Morgan fingerprint density at radius 2 is 2.44 bits per heavy atom. The molecule has 1 aliphatic rings. The lowest BCUT2D eigenvalue weighted by Gasteiger charge is -2.11. The highest BCUT2D eigenvalue weighted by molar-refractivity contribution is 5.76. The van der Waals surface area contributed by atoms with Gasteiger partial charge in [0.25, 0.3) is 6.01 Å². The first-order valence-electron chi connectivity index (χ1n) is 8.08. The number of hydrogen-bond acceptors (Lipinski definition) is 5. The average molecular weight is 349 g/mol. The molecule has 2 N–H and O–H groups in total. The van der Waals surface area contributed by atoms with Gasteiger partial charge in [-0.05, 0) is 24.5 Å². The van der Waals surface area contributed by atoms with Crippen LogP contribution in [0.3, 0.4) is 0 Å². The molecule has 0 bridgehead atoms. The van der Waals surface area contributed by atoms with Crippen molar-refractivity contribution in [2.45, 2.75) is 13.3 Å². The third-order valence-electron chi connectivity index (χ3n) is 4.09. The lowest BCUT2D eigenvalue weighted by Crippen LogP contribution is -2.25. The number of benzene rings is 1. The highest BCUT2D eigenvalue weighted by Crippen LogP contribution is 2.29. The smallest absolute Gasteiger partial charge is 0.404 e. The minimum absolute atomic E-state index is 0.0626. The highest BCUT2D eigenvalue weighted by atomic mass is 19.1. The third kappa shape index (κ3) is 4.20. The second-order valence-corrected chi connectivity index (χ2v) is 6.18. The summed E-state index contributed by atoms with van der Waals surface area (Å²) >= 11 is 0. The van der Waals surface area contributed by atoms with Gasteiger partial charge in [0.05, 0.1) is 6.33 Å². The van der Waals surface area contributed by atoms with E-state index in [1.165, 1.54) is 0 Å². The van der Waals surface area contributed by atoms with E-state index in [-0.39, 0.29) is 18.7 Å². The third-order valence-corrected chi connectivity index (χ3v) is 4.09. The number of carbonyl (C=O) groups is 1. The molecule has 1 amide bonds. The van der Waals surface area contributed by atoms with Gasteiger partial charge in [0, 0.05) is 31.3 Å². The normalized spacial score (nSPS) is 17.9. The molecule has 1 fully saturated rings. The number of fused-ring (bicyclic) bond motifs is 1. The Morgan fingerprint density at radius 3 is 3.12 bits per heavy atom. The average Bonchev–Trinajstić information content (AvgIpc) is 3.20. The molecular weight excluding hydrogens is 329 g/mol. The van der Waals surface area contributed by atoms with Crippen molar-refractivity contribution in [2.24, 2.45) is 5.92 Å². The van der Waals surface area contributed by atoms with E-state index in [4.69, 9.17) is 14.3 Å². The molecule has 2 aromatic rings. The van der Waals surface area contributed by atoms with Gasteiger partial charge in [-0.1, -0.05) is 6.92 Å². The first-order chi connectivity index (χ1) is 12.0. The lowest BCUT2D eigenvalue weighted by atomic mass is 10.2. The largest absolute Gasteiger partial charge is 0.489 e. The van der Waals surface area contributed by atoms with Crippen LogP contribution in [-0.2, 0) is 0 Å². The number of amides is 1. The van der Waals surface area contributed by atoms with E-state index in [1.807, 2.05) is 0 Å². The second-order valence-electron chi connectivity index (χ2n) is 6.18. The predicted octanol–water partition coefficient (Wildman–Crippen LogP) is 3.17. The summed E-state index contributed by atoms with van der Waals surface area (Å²) in [6, 6.07) is 5.81. The molecule has 0 radical (unpaired) electrons. The molecule has 1 atom stereocenters. The maximum absolute atomic E-state index is 12.8. The summed E-state index contributed by atoms with van der Waals surface area (Å²) in [7, 11) is 0. The summed E-state index contributed by atoms with van der Waals surface area (Å²) in [6.45, 7) is 3.86. The zero-order chi connectivity index (χ0) is 17.8. The molecule has 7 nitrogen and oxygen atoms in total. The molecule has 0 saturated carbocycles. The van der Waals surface area contributed by atoms with Gasteiger partial charge in [-0.15, -0.1) is 0 Å². The quantitative estimate of drug-likeness (QED) is 0.833. The van der Waals surface area contributed by atoms with Crippen LogP contribution in [-0.4, -0.2) is 42.4 Å². The zero-order valence-corrected chi connectivity index (χ0v) is 13.9. The molecule has 3 rings (SSSR count). The number of carboxylic acid groups (broad SMARTS) is 1. The number of anilines is 1. The first kappa shape index (κ1) is 17.1. The number of oxazole rings is 1. The molecule has 0 spiro atoms. The number of nitrogens with one attached hydrogen (secondary N) is 1. The Morgan fingerprint density at radius 1 is 1.60 bits per heavy atom. The highest BCUT2D eigenvalue weighted by Gasteiger charge is 2.23. The van der Waals surface area contributed by atoms with Gasteiger partial charge in [0.2, 0.25) is 0 Å². The fourth-order valence-corrected chi connectivity index (χ4v) is 2.71. The summed E-state index contributed by atoms with van der Waals surface area (Å²) < 4.78 is 24.1. The number of hydrogen-bond donors (Lipinski definition) is 2. The SMILES string of the molecule is C[C@H]1CCN(c2nc3ccc(OC/C(=C/F)CNC(=O)O)cc3o2)C1. The lowest BCUT2D eigenvalue weighted by molar-refractivity contribution is 0.195. The second kappa shape index (κ2) is 7.42. The molecule has 0 unspecified atom stereocenters. The van der Waals surface area contributed by atoms with Gasteiger partial charge >= 0.3 is 6.09 Å². The molecule has 134 valence electrons. The van der Waals surface area contributed by atoms with E-state index in [9.17, 15) is 9.18 Å². The van der Waals surface area contributed by atoms with Gasteiger partial charge in [0.15, 0.2) is 5.58 Å².